The summed E-state index contributed by atoms with van der Waals surface area (Å²) in [6.07, 6.45) is 0. The highest BCUT2D eigenvalue weighted by atomic mass is 16.6. The van der Waals surface area contributed by atoms with Crippen molar-refractivity contribution in [3.8, 4) is 0 Å². The molecule has 7 heteroatoms. The van der Waals surface area contributed by atoms with E-state index in [1.165, 1.54) is 13.0 Å². The minimum absolute atomic E-state index is 0.0140. The second-order valence-electron chi connectivity index (χ2n) is 4.94. The summed E-state index contributed by atoms with van der Waals surface area (Å²) in [5, 5.41) is 16.4. The zero-order chi connectivity index (χ0) is 17.0. The largest absolute Gasteiger partial charge is 0.326 e. The van der Waals surface area contributed by atoms with Gasteiger partial charge in [-0.2, -0.15) is 0 Å². The van der Waals surface area contributed by atoms with E-state index in [0.29, 0.717) is 16.9 Å². The molecular formula is C16H15N3O4. The molecule has 0 saturated heterocycles. The zero-order valence-corrected chi connectivity index (χ0v) is 12.6. The van der Waals surface area contributed by atoms with Crippen molar-refractivity contribution in [1.82, 2.24) is 0 Å². The van der Waals surface area contributed by atoms with Crippen molar-refractivity contribution in [1.29, 1.82) is 0 Å². The summed E-state index contributed by atoms with van der Waals surface area (Å²) >= 11 is 0. The molecule has 0 aliphatic carbocycles. The van der Waals surface area contributed by atoms with Gasteiger partial charge >= 0.3 is 0 Å². The summed E-state index contributed by atoms with van der Waals surface area (Å²) in [4.78, 5) is 34.0. The van der Waals surface area contributed by atoms with Crippen molar-refractivity contribution in [2.75, 3.05) is 10.6 Å². The van der Waals surface area contributed by atoms with Gasteiger partial charge in [-0.15, -0.1) is 0 Å². The first-order valence-electron chi connectivity index (χ1n) is 6.81. The van der Waals surface area contributed by atoms with E-state index in [4.69, 9.17) is 0 Å². The maximum Gasteiger partial charge on any atom is 0.285 e. The van der Waals surface area contributed by atoms with Crippen LogP contribution in [0.1, 0.15) is 22.8 Å². The van der Waals surface area contributed by atoms with Gasteiger partial charge < -0.3 is 10.6 Å². The van der Waals surface area contributed by atoms with Crippen LogP contribution in [0.5, 0.6) is 0 Å². The first-order valence-corrected chi connectivity index (χ1v) is 6.81. The molecule has 0 spiro atoms. The van der Waals surface area contributed by atoms with Crippen molar-refractivity contribution < 1.29 is 14.5 Å². The minimum Gasteiger partial charge on any atom is -0.326 e. The van der Waals surface area contributed by atoms with Crippen LogP contribution in [0.25, 0.3) is 0 Å². The lowest BCUT2D eigenvalue weighted by molar-refractivity contribution is -0.385. The Morgan fingerprint density at radius 1 is 1.04 bits per heavy atom. The van der Waals surface area contributed by atoms with Crippen LogP contribution in [-0.2, 0) is 4.79 Å². The number of aryl methyl sites for hydroxylation is 1. The van der Waals surface area contributed by atoms with E-state index in [9.17, 15) is 19.7 Å². The van der Waals surface area contributed by atoms with Crippen molar-refractivity contribution in [3.63, 3.8) is 0 Å². The van der Waals surface area contributed by atoms with Gasteiger partial charge in [0.15, 0.2) is 0 Å². The average Bonchev–Trinajstić information content (AvgIpc) is 2.46. The maximum absolute atomic E-state index is 12.3. The Hall–Kier alpha value is -3.22. The summed E-state index contributed by atoms with van der Waals surface area (Å²) in [5.74, 6) is -0.817. The molecule has 2 N–H and O–H groups in total. The number of carbonyl (C=O) groups is 2. The van der Waals surface area contributed by atoms with Crippen molar-refractivity contribution in [2.24, 2.45) is 0 Å². The number of benzene rings is 2. The molecule has 2 rings (SSSR count). The van der Waals surface area contributed by atoms with Crippen molar-refractivity contribution in [2.45, 2.75) is 13.8 Å². The fourth-order valence-corrected chi connectivity index (χ4v) is 2.16. The highest BCUT2D eigenvalue weighted by Crippen LogP contribution is 2.24. The highest BCUT2D eigenvalue weighted by Gasteiger charge is 2.22. The van der Waals surface area contributed by atoms with Crippen LogP contribution in [0.2, 0.25) is 0 Å². The molecule has 2 aromatic rings. The smallest absolute Gasteiger partial charge is 0.285 e. The van der Waals surface area contributed by atoms with E-state index in [-0.39, 0.29) is 17.2 Å². The number of carbonyl (C=O) groups excluding carboxylic acids is 2. The van der Waals surface area contributed by atoms with E-state index in [1.807, 2.05) is 0 Å². The van der Waals surface area contributed by atoms with Gasteiger partial charge in [-0.3, -0.25) is 19.7 Å². The Kier molecular flexibility index (Phi) is 4.70. The van der Waals surface area contributed by atoms with E-state index in [0.717, 1.165) is 0 Å². The molecule has 0 aliphatic rings. The third-order valence-electron chi connectivity index (χ3n) is 3.11. The standard InChI is InChI=1S/C16H15N3O4/c1-10-5-3-8-14(15(10)19(22)23)16(21)18-13-7-4-6-12(9-13)17-11(2)20/h3-9H,1-2H3,(H,17,20)(H,18,21). The number of amides is 2. The van der Waals surface area contributed by atoms with Gasteiger partial charge in [-0.05, 0) is 31.2 Å². The molecule has 118 valence electrons. The normalized spacial score (nSPS) is 10.0. The van der Waals surface area contributed by atoms with Gasteiger partial charge in [0.2, 0.25) is 5.91 Å². The Bertz CT molecular complexity index is 787. The molecule has 0 atom stereocenters. The Morgan fingerprint density at radius 2 is 1.65 bits per heavy atom. The molecule has 0 bridgehead atoms. The molecule has 7 nitrogen and oxygen atoms in total. The lowest BCUT2D eigenvalue weighted by Gasteiger charge is -2.09. The van der Waals surface area contributed by atoms with Crippen LogP contribution in [0.3, 0.4) is 0 Å². The van der Waals surface area contributed by atoms with E-state index in [2.05, 4.69) is 10.6 Å². The van der Waals surface area contributed by atoms with Crippen LogP contribution < -0.4 is 10.6 Å². The lowest BCUT2D eigenvalue weighted by atomic mass is 10.1. The number of hydrogen-bond donors (Lipinski definition) is 2. The SMILES string of the molecule is CC(=O)Nc1cccc(NC(=O)c2cccc(C)c2[N+](=O)[O-])c1. The summed E-state index contributed by atoms with van der Waals surface area (Å²) in [6, 6.07) is 11.1. The number of nitro groups is 1. The molecule has 0 saturated carbocycles. The summed E-state index contributed by atoms with van der Waals surface area (Å²) in [5.41, 5.74) is 1.13. The average molecular weight is 313 g/mol. The number of nitrogens with zero attached hydrogens (tertiary/aromatic N) is 1. The Balaban J connectivity index is 2.28. The topological polar surface area (TPSA) is 101 Å². The Labute approximate surface area is 132 Å². The third kappa shape index (κ3) is 3.91. The second-order valence-corrected chi connectivity index (χ2v) is 4.94. The monoisotopic (exact) mass is 313 g/mol. The highest BCUT2D eigenvalue weighted by molar-refractivity contribution is 6.07. The van der Waals surface area contributed by atoms with Crippen LogP contribution in [-0.4, -0.2) is 16.7 Å². The van der Waals surface area contributed by atoms with Gasteiger partial charge in [0, 0.05) is 23.9 Å². The first kappa shape index (κ1) is 16.2. The van der Waals surface area contributed by atoms with E-state index in [1.54, 1.807) is 43.3 Å². The summed E-state index contributed by atoms with van der Waals surface area (Å²) < 4.78 is 0. The van der Waals surface area contributed by atoms with Crippen LogP contribution in [0.4, 0.5) is 17.1 Å². The number of nitrogens with one attached hydrogen (secondary N) is 2. The fourth-order valence-electron chi connectivity index (χ4n) is 2.16. The van der Waals surface area contributed by atoms with E-state index >= 15 is 0 Å². The van der Waals surface area contributed by atoms with Gasteiger partial charge in [0.25, 0.3) is 11.6 Å². The molecule has 23 heavy (non-hydrogen) atoms. The van der Waals surface area contributed by atoms with Crippen LogP contribution in [0.15, 0.2) is 42.5 Å². The van der Waals surface area contributed by atoms with Gasteiger partial charge in [0.05, 0.1) is 4.92 Å². The number of para-hydroxylation sites is 1. The maximum atomic E-state index is 12.3. The molecule has 0 aromatic heterocycles. The second kappa shape index (κ2) is 6.69. The van der Waals surface area contributed by atoms with Gasteiger partial charge in [0.1, 0.15) is 5.56 Å². The molecule has 0 heterocycles. The van der Waals surface area contributed by atoms with Gasteiger partial charge in [-0.1, -0.05) is 18.2 Å². The molecule has 0 aliphatic heterocycles. The van der Waals surface area contributed by atoms with Crippen molar-refractivity contribution >= 4 is 28.9 Å². The predicted molar refractivity (Wildman–Crippen MR) is 86.5 cm³/mol. The summed E-state index contributed by atoms with van der Waals surface area (Å²) in [6.45, 7) is 2.95. The van der Waals surface area contributed by atoms with Crippen LogP contribution >= 0.6 is 0 Å². The number of hydrogen-bond acceptors (Lipinski definition) is 4. The molecule has 0 radical (unpaired) electrons. The molecule has 2 aromatic carbocycles. The first-order chi connectivity index (χ1) is 10.9. The molecular weight excluding hydrogens is 298 g/mol. The summed E-state index contributed by atoms with van der Waals surface area (Å²) in [7, 11) is 0. The number of rotatable bonds is 4. The lowest BCUT2D eigenvalue weighted by Crippen LogP contribution is -2.15. The Morgan fingerprint density at radius 3 is 2.26 bits per heavy atom. The number of anilines is 2. The van der Waals surface area contributed by atoms with Crippen LogP contribution in [0, 0.1) is 17.0 Å². The molecule has 0 fully saturated rings. The quantitative estimate of drug-likeness (QED) is 0.668. The third-order valence-corrected chi connectivity index (χ3v) is 3.11. The number of nitro benzene ring substituents is 1. The predicted octanol–water partition coefficient (Wildman–Crippen LogP) is 3.11. The molecule has 0 unspecified atom stereocenters. The minimum atomic E-state index is -0.583. The van der Waals surface area contributed by atoms with E-state index < -0.39 is 10.8 Å². The molecule has 2 amide bonds. The van der Waals surface area contributed by atoms with Gasteiger partial charge in [-0.25, -0.2) is 0 Å². The van der Waals surface area contributed by atoms with Crippen molar-refractivity contribution in [3.05, 3.63) is 63.7 Å². The zero-order valence-electron chi connectivity index (χ0n) is 12.6. The fraction of sp³-hybridized carbons (Fsp3) is 0.125.